The Labute approximate surface area is 153 Å². The zero-order valence-electron chi connectivity index (χ0n) is 14.7. The van der Waals surface area contributed by atoms with Crippen molar-refractivity contribution in [1.82, 2.24) is 5.32 Å². The summed E-state index contributed by atoms with van der Waals surface area (Å²) in [6, 6.07) is 11.4. The molecular formula is C20H25N3OS. The van der Waals surface area contributed by atoms with E-state index < -0.39 is 0 Å². The minimum Gasteiger partial charge on any atom is -0.344 e. The van der Waals surface area contributed by atoms with Crippen LogP contribution >= 0.6 is 11.3 Å². The lowest BCUT2D eigenvalue weighted by molar-refractivity contribution is 0.0938. The first-order valence-electron chi connectivity index (χ1n) is 8.46. The zero-order chi connectivity index (χ0) is 18.2. The van der Waals surface area contributed by atoms with Crippen molar-refractivity contribution in [3.8, 4) is 0 Å². The van der Waals surface area contributed by atoms with Crippen LogP contribution in [0.15, 0.2) is 47.9 Å². The lowest BCUT2D eigenvalue weighted by Gasteiger charge is -2.16. The molecule has 1 amide bonds. The molecule has 0 radical (unpaired) electrons. The number of benzene rings is 1. The molecule has 0 aliphatic rings. The molecule has 25 heavy (non-hydrogen) atoms. The van der Waals surface area contributed by atoms with Gasteiger partial charge >= 0.3 is 0 Å². The molecule has 4 nitrogen and oxygen atoms in total. The molecule has 1 aromatic heterocycles. The van der Waals surface area contributed by atoms with Gasteiger partial charge in [-0.2, -0.15) is 0 Å². The molecule has 1 heterocycles. The first-order chi connectivity index (χ1) is 12.1. The number of nitrogens with one attached hydrogen (secondary N) is 2. The van der Waals surface area contributed by atoms with Gasteiger partial charge in [-0.1, -0.05) is 44.2 Å². The summed E-state index contributed by atoms with van der Waals surface area (Å²) in [4.78, 5) is 13.6. The molecule has 0 aliphatic heterocycles. The van der Waals surface area contributed by atoms with Crippen LogP contribution in [-0.2, 0) is 0 Å². The predicted octanol–water partition coefficient (Wildman–Crippen LogP) is 4.26. The van der Waals surface area contributed by atoms with E-state index in [1.54, 1.807) is 0 Å². The van der Waals surface area contributed by atoms with Crippen LogP contribution in [0.3, 0.4) is 0 Å². The van der Waals surface area contributed by atoms with Gasteiger partial charge < -0.3 is 16.5 Å². The van der Waals surface area contributed by atoms with Crippen molar-refractivity contribution >= 4 is 29.0 Å². The summed E-state index contributed by atoms with van der Waals surface area (Å²) in [5.41, 5.74) is 8.56. The lowest BCUT2D eigenvalue weighted by atomic mass is 9.96. The highest BCUT2D eigenvalue weighted by Gasteiger charge is 2.17. The summed E-state index contributed by atoms with van der Waals surface area (Å²) in [7, 11) is 0. The molecule has 1 aromatic carbocycles. The monoisotopic (exact) mass is 355 g/mol. The number of thiophene rings is 1. The topological polar surface area (TPSA) is 79.0 Å². The number of nitrogens with two attached hydrogens (primary N) is 1. The van der Waals surface area contributed by atoms with Gasteiger partial charge in [0.05, 0.1) is 11.6 Å². The summed E-state index contributed by atoms with van der Waals surface area (Å²) in [6.45, 7) is 4.60. The normalized spacial score (nSPS) is 14.0. The van der Waals surface area contributed by atoms with Crippen LogP contribution in [-0.4, -0.2) is 18.7 Å². The Bertz CT molecular complexity index is 736. The van der Waals surface area contributed by atoms with Crippen LogP contribution < -0.4 is 11.1 Å². The van der Waals surface area contributed by atoms with Crippen LogP contribution in [0.25, 0.3) is 5.57 Å². The van der Waals surface area contributed by atoms with E-state index in [1.807, 2.05) is 47.9 Å². The van der Waals surface area contributed by atoms with Crippen molar-refractivity contribution in [2.45, 2.75) is 26.3 Å². The van der Waals surface area contributed by atoms with E-state index in [1.165, 1.54) is 17.6 Å². The van der Waals surface area contributed by atoms with Gasteiger partial charge in [-0.25, -0.2) is 0 Å². The zero-order valence-corrected chi connectivity index (χ0v) is 15.5. The molecule has 5 heteroatoms. The van der Waals surface area contributed by atoms with Crippen molar-refractivity contribution in [1.29, 1.82) is 5.41 Å². The molecular weight excluding hydrogens is 330 g/mol. The highest BCUT2D eigenvalue weighted by Crippen LogP contribution is 2.30. The number of hydrogen-bond donors (Lipinski definition) is 3. The second-order valence-corrected chi connectivity index (χ2v) is 6.88. The van der Waals surface area contributed by atoms with Crippen molar-refractivity contribution in [2.24, 2.45) is 11.7 Å². The molecule has 0 bridgehead atoms. The Morgan fingerprint density at radius 2 is 2.08 bits per heavy atom. The average Bonchev–Trinajstić information content (AvgIpc) is 3.14. The molecule has 0 saturated carbocycles. The smallest absolute Gasteiger partial charge is 0.252 e. The highest BCUT2D eigenvalue weighted by molar-refractivity contribution is 7.11. The van der Waals surface area contributed by atoms with Crippen molar-refractivity contribution in [2.75, 3.05) is 6.54 Å². The average molecular weight is 356 g/mol. The van der Waals surface area contributed by atoms with Crippen LogP contribution in [0, 0.1) is 11.3 Å². The maximum Gasteiger partial charge on any atom is 0.252 e. The molecule has 2 unspecified atom stereocenters. The number of carbonyl (C=O) groups excluding carboxylic acids is 1. The second kappa shape index (κ2) is 9.30. The van der Waals surface area contributed by atoms with Crippen molar-refractivity contribution in [3.05, 3.63) is 63.9 Å². The summed E-state index contributed by atoms with van der Waals surface area (Å²) in [6.07, 6.45) is 4.11. The van der Waals surface area contributed by atoms with E-state index in [9.17, 15) is 4.79 Å². The second-order valence-electron chi connectivity index (χ2n) is 5.97. The number of allylic oxidation sites excluding steroid dienone is 2. The van der Waals surface area contributed by atoms with Crippen LogP contribution in [0.4, 0.5) is 0 Å². The number of amides is 1. The van der Waals surface area contributed by atoms with Gasteiger partial charge in [0.15, 0.2) is 0 Å². The van der Waals surface area contributed by atoms with Crippen LogP contribution in [0.1, 0.15) is 47.1 Å². The third-order valence-electron chi connectivity index (χ3n) is 4.30. The van der Waals surface area contributed by atoms with Crippen molar-refractivity contribution in [3.63, 3.8) is 0 Å². The van der Waals surface area contributed by atoms with Gasteiger partial charge in [0.25, 0.3) is 5.91 Å². The van der Waals surface area contributed by atoms with Crippen LogP contribution in [0.2, 0.25) is 0 Å². The molecule has 4 N–H and O–H groups in total. The Morgan fingerprint density at radius 3 is 2.68 bits per heavy atom. The predicted molar refractivity (Wildman–Crippen MR) is 106 cm³/mol. The van der Waals surface area contributed by atoms with Gasteiger partial charge in [0.1, 0.15) is 0 Å². The number of carbonyl (C=O) groups is 1. The summed E-state index contributed by atoms with van der Waals surface area (Å²) < 4.78 is 0. The molecule has 0 fully saturated rings. The summed E-state index contributed by atoms with van der Waals surface area (Å²) >= 11 is 1.54. The minimum atomic E-state index is -0.205. The molecule has 0 spiro atoms. The highest BCUT2D eigenvalue weighted by atomic mass is 32.1. The van der Waals surface area contributed by atoms with E-state index in [2.05, 4.69) is 19.2 Å². The first kappa shape index (κ1) is 19.1. The van der Waals surface area contributed by atoms with Crippen molar-refractivity contribution < 1.29 is 4.79 Å². The van der Waals surface area contributed by atoms with Gasteiger partial charge in [-0.15, -0.1) is 11.3 Å². The molecule has 132 valence electrons. The maximum atomic E-state index is 12.6. The Hall–Kier alpha value is -2.24. The van der Waals surface area contributed by atoms with Gasteiger partial charge in [-0.3, -0.25) is 4.79 Å². The standard InChI is InChI=1S/C20H25N3OS/c1-3-14(2)17(9-10-21)19-11-16(13-25-19)20(24)23-18(12-22)15-7-5-4-6-8-15/h4-11,13-14,18,21H,3,12,22H2,1-2H3,(H,23,24)/b17-9+,21-10?. The Balaban J connectivity index is 2.17. The largest absolute Gasteiger partial charge is 0.344 e. The molecule has 2 rings (SSSR count). The number of hydrogen-bond acceptors (Lipinski definition) is 4. The molecule has 2 aromatic rings. The molecule has 2 atom stereocenters. The fourth-order valence-corrected chi connectivity index (χ4v) is 3.64. The quantitative estimate of drug-likeness (QED) is 0.619. The fourth-order valence-electron chi connectivity index (χ4n) is 2.61. The molecule has 0 aliphatic carbocycles. The molecule has 0 saturated heterocycles. The fraction of sp³-hybridized carbons (Fsp3) is 0.300. The SMILES string of the molecule is CCC(C)/C(=C\C=N)c1cc(C(=O)NC(CN)c2ccccc2)cs1. The first-order valence-corrected chi connectivity index (χ1v) is 9.34. The van der Waals surface area contributed by atoms with Crippen LogP contribution in [0.5, 0.6) is 0 Å². The van der Waals surface area contributed by atoms with E-state index in [0.717, 1.165) is 22.4 Å². The minimum absolute atomic E-state index is 0.125. The maximum absolute atomic E-state index is 12.6. The van der Waals surface area contributed by atoms with E-state index in [4.69, 9.17) is 11.1 Å². The van der Waals surface area contributed by atoms with Gasteiger partial charge in [0, 0.05) is 23.0 Å². The Morgan fingerprint density at radius 1 is 1.36 bits per heavy atom. The third-order valence-corrected chi connectivity index (χ3v) is 5.27. The van der Waals surface area contributed by atoms with Gasteiger partial charge in [-0.05, 0) is 35.6 Å². The van der Waals surface area contributed by atoms with E-state index in [-0.39, 0.29) is 11.9 Å². The third kappa shape index (κ3) is 4.87. The van der Waals surface area contributed by atoms with E-state index in [0.29, 0.717) is 18.0 Å². The Kier molecular flexibility index (Phi) is 7.10. The van der Waals surface area contributed by atoms with Gasteiger partial charge in [0.2, 0.25) is 0 Å². The van der Waals surface area contributed by atoms with E-state index >= 15 is 0 Å². The summed E-state index contributed by atoms with van der Waals surface area (Å²) in [5.74, 6) is 0.220. The lowest BCUT2D eigenvalue weighted by Crippen LogP contribution is -2.33. The number of rotatable bonds is 8. The summed E-state index contributed by atoms with van der Waals surface area (Å²) in [5, 5.41) is 12.2.